The van der Waals surface area contributed by atoms with Gasteiger partial charge < -0.3 is 10.1 Å². The molecule has 2 heterocycles. The van der Waals surface area contributed by atoms with Crippen molar-refractivity contribution < 1.29 is 26.7 Å². The minimum Gasteiger partial charge on any atom is -0.433 e. The monoisotopic (exact) mass is 319 g/mol. The van der Waals surface area contributed by atoms with Gasteiger partial charge in [-0.1, -0.05) is 6.07 Å². The van der Waals surface area contributed by atoms with Crippen LogP contribution in [0.15, 0.2) is 36.5 Å². The fourth-order valence-electron chi connectivity index (χ4n) is 1.56. The van der Waals surface area contributed by atoms with Crippen molar-refractivity contribution in [1.29, 1.82) is 0 Å². The van der Waals surface area contributed by atoms with E-state index in [1.165, 1.54) is 24.3 Å². The molecule has 0 fully saturated rings. The molecular formula is C13H10F5N3O. The summed E-state index contributed by atoms with van der Waals surface area (Å²) >= 11 is 0. The fraction of sp³-hybridized carbons (Fsp3) is 0.231. The first-order valence-corrected chi connectivity index (χ1v) is 6.02. The number of hydrogen-bond acceptors (Lipinski definition) is 4. The van der Waals surface area contributed by atoms with E-state index in [0.29, 0.717) is 5.69 Å². The molecule has 0 aromatic carbocycles. The molecule has 22 heavy (non-hydrogen) atoms. The van der Waals surface area contributed by atoms with Crippen molar-refractivity contribution in [2.24, 2.45) is 0 Å². The zero-order valence-electron chi connectivity index (χ0n) is 10.9. The van der Waals surface area contributed by atoms with Crippen LogP contribution in [0.4, 0.5) is 27.8 Å². The maximum absolute atomic E-state index is 12.5. The Balaban J connectivity index is 1.98. The highest BCUT2D eigenvalue weighted by Crippen LogP contribution is 2.28. The van der Waals surface area contributed by atoms with Gasteiger partial charge in [-0.3, -0.25) is 4.98 Å². The molecule has 0 unspecified atom stereocenters. The van der Waals surface area contributed by atoms with E-state index >= 15 is 0 Å². The van der Waals surface area contributed by atoms with Crippen molar-refractivity contribution in [2.75, 3.05) is 5.32 Å². The van der Waals surface area contributed by atoms with Gasteiger partial charge in [0.1, 0.15) is 17.3 Å². The van der Waals surface area contributed by atoms with Crippen LogP contribution in [0.25, 0.3) is 0 Å². The van der Waals surface area contributed by atoms with Crippen molar-refractivity contribution >= 4 is 5.82 Å². The lowest BCUT2D eigenvalue weighted by Gasteiger charge is -2.09. The minimum atomic E-state index is -4.52. The van der Waals surface area contributed by atoms with Crippen LogP contribution in [0.3, 0.4) is 0 Å². The molecule has 0 radical (unpaired) electrons. The maximum Gasteiger partial charge on any atom is 0.433 e. The Bertz CT molecular complexity index is 616. The van der Waals surface area contributed by atoms with Crippen LogP contribution in [0, 0.1) is 0 Å². The number of rotatable bonds is 5. The normalized spacial score (nSPS) is 11.5. The van der Waals surface area contributed by atoms with Gasteiger partial charge in [-0.25, -0.2) is 4.98 Å². The second-order valence-corrected chi connectivity index (χ2v) is 4.12. The third kappa shape index (κ3) is 4.54. The van der Waals surface area contributed by atoms with Crippen LogP contribution >= 0.6 is 0 Å². The van der Waals surface area contributed by atoms with Crippen molar-refractivity contribution in [3.05, 3.63) is 47.9 Å². The van der Waals surface area contributed by atoms with Gasteiger partial charge >= 0.3 is 12.8 Å². The summed E-state index contributed by atoms with van der Waals surface area (Å²) < 4.78 is 65.6. The first kappa shape index (κ1) is 15.9. The van der Waals surface area contributed by atoms with Gasteiger partial charge in [-0.2, -0.15) is 22.0 Å². The maximum atomic E-state index is 12.5. The summed E-state index contributed by atoms with van der Waals surface area (Å²) in [7, 11) is 0. The van der Waals surface area contributed by atoms with E-state index < -0.39 is 18.5 Å². The fourth-order valence-corrected chi connectivity index (χ4v) is 1.56. The molecule has 118 valence electrons. The predicted octanol–water partition coefficient (Wildman–Crippen LogP) is 3.71. The molecule has 0 atom stereocenters. The molecule has 0 aliphatic carbocycles. The third-order valence-electron chi connectivity index (χ3n) is 2.51. The van der Waals surface area contributed by atoms with E-state index in [0.717, 1.165) is 12.3 Å². The molecule has 0 bridgehead atoms. The topological polar surface area (TPSA) is 47.0 Å². The molecule has 0 saturated heterocycles. The second-order valence-electron chi connectivity index (χ2n) is 4.12. The number of nitrogens with one attached hydrogen (secondary N) is 1. The van der Waals surface area contributed by atoms with E-state index in [2.05, 4.69) is 20.0 Å². The number of aromatic nitrogens is 2. The molecule has 2 aromatic rings. The van der Waals surface area contributed by atoms with Gasteiger partial charge in [0, 0.05) is 0 Å². The smallest absolute Gasteiger partial charge is 0.433 e. The highest BCUT2D eigenvalue weighted by Gasteiger charge is 2.32. The summed E-state index contributed by atoms with van der Waals surface area (Å²) in [5.74, 6) is -0.0690. The number of anilines is 1. The summed E-state index contributed by atoms with van der Waals surface area (Å²) in [6.07, 6.45) is -3.42. The average Bonchev–Trinajstić information content (AvgIpc) is 2.45. The second kappa shape index (κ2) is 6.54. The largest absolute Gasteiger partial charge is 0.433 e. The standard InChI is InChI=1S/C13H10F5N3O/c14-12(15)22-9-5-4-8(19-7-9)6-20-11-3-1-2-10(21-11)13(16,17)18/h1-5,7,12H,6H2,(H,20,21). The van der Waals surface area contributed by atoms with E-state index in [4.69, 9.17) is 0 Å². The first-order valence-electron chi connectivity index (χ1n) is 6.02. The van der Waals surface area contributed by atoms with Gasteiger partial charge in [-0.15, -0.1) is 0 Å². The molecule has 0 saturated carbocycles. The van der Waals surface area contributed by atoms with Crippen molar-refractivity contribution in [3.63, 3.8) is 0 Å². The van der Waals surface area contributed by atoms with Gasteiger partial charge in [0.05, 0.1) is 18.4 Å². The number of nitrogens with zero attached hydrogens (tertiary/aromatic N) is 2. The molecule has 0 aliphatic heterocycles. The number of halogens is 5. The zero-order chi connectivity index (χ0) is 16.2. The molecule has 2 aromatic heterocycles. The Morgan fingerprint density at radius 3 is 2.50 bits per heavy atom. The van der Waals surface area contributed by atoms with Crippen molar-refractivity contribution in [3.8, 4) is 5.75 Å². The Morgan fingerprint density at radius 2 is 1.91 bits per heavy atom. The van der Waals surface area contributed by atoms with Crippen LogP contribution in [0.1, 0.15) is 11.4 Å². The first-order chi connectivity index (χ1) is 10.3. The molecule has 0 spiro atoms. The molecule has 0 amide bonds. The van der Waals surface area contributed by atoms with E-state index in [-0.39, 0.29) is 18.1 Å². The van der Waals surface area contributed by atoms with Crippen LogP contribution in [-0.2, 0) is 12.7 Å². The van der Waals surface area contributed by atoms with Crippen molar-refractivity contribution in [1.82, 2.24) is 9.97 Å². The molecule has 1 N–H and O–H groups in total. The Morgan fingerprint density at radius 1 is 1.14 bits per heavy atom. The number of pyridine rings is 2. The van der Waals surface area contributed by atoms with Crippen molar-refractivity contribution in [2.45, 2.75) is 19.3 Å². The lowest BCUT2D eigenvalue weighted by atomic mass is 10.3. The third-order valence-corrected chi connectivity index (χ3v) is 2.51. The van der Waals surface area contributed by atoms with E-state index in [9.17, 15) is 22.0 Å². The summed E-state index contributed by atoms with van der Waals surface area (Å²) in [6, 6.07) is 6.17. The molecule has 9 heteroatoms. The number of alkyl halides is 5. The van der Waals surface area contributed by atoms with Gasteiger partial charge in [0.2, 0.25) is 0 Å². The highest BCUT2D eigenvalue weighted by molar-refractivity contribution is 5.36. The quantitative estimate of drug-likeness (QED) is 0.854. The van der Waals surface area contributed by atoms with Crippen LogP contribution < -0.4 is 10.1 Å². The molecule has 4 nitrogen and oxygen atoms in total. The average molecular weight is 319 g/mol. The van der Waals surface area contributed by atoms with Crippen LogP contribution in [-0.4, -0.2) is 16.6 Å². The van der Waals surface area contributed by atoms with Gasteiger partial charge in [0.25, 0.3) is 0 Å². The van der Waals surface area contributed by atoms with Crippen LogP contribution in [0.2, 0.25) is 0 Å². The highest BCUT2D eigenvalue weighted by atomic mass is 19.4. The summed E-state index contributed by atoms with van der Waals surface area (Å²) in [5.41, 5.74) is -0.577. The summed E-state index contributed by atoms with van der Waals surface area (Å²) in [4.78, 5) is 7.28. The zero-order valence-corrected chi connectivity index (χ0v) is 10.9. The predicted molar refractivity (Wildman–Crippen MR) is 67.4 cm³/mol. The van der Waals surface area contributed by atoms with Gasteiger partial charge in [-0.05, 0) is 24.3 Å². The lowest BCUT2D eigenvalue weighted by molar-refractivity contribution is -0.141. The SMILES string of the molecule is FC(F)Oc1ccc(CNc2cccc(C(F)(F)F)n2)nc1. The van der Waals surface area contributed by atoms with Gasteiger partial charge in [0.15, 0.2) is 0 Å². The minimum absolute atomic E-state index is 0.0320. The Hall–Kier alpha value is -2.45. The Kier molecular flexibility index (Phi) is 4.74. The summed E-state index contributed by atoms with van der Waals surface area (Å²) in [5, 5.41) is 2.67. The lowest BCUT2D eigenvalue weighted by Crippen LogP contribution is -2.10. The molecule has 2 rings (SSSR count). The molecule has 0 aliphatic rings. The summed E-state index contributed by atoms with van der Waals surface area (Å²) in [6.45, 7) is -2.86. The van der Waals surface area contributed by atoms with Crippen LogP contribution in [0.5, 0.6) is 5.75 Å². The Labute approximate surface area is 122 Å². The molecular weight excluding hydrogens is 309 g/mol. The number of ether oxygens (including phenoxy) is 1. The number of hydrogen-bond donors (Lipinski definition) is 1. The van der Waals surface area contributed by atoms with E-state index in [1.54, 1.807) is 0 Å². The van der Waals surface area contributed by atoms with E-state index in [1.807, 2.05) is 0 Å².